The number of hydrogen-bond acceptors (Lipinski definition) is 4. The van der Waals surface area contributed by atoms with Crippen LogP contribution in [0.15, 0.2) is 46.9 Å². The van der Waals surface area contributed by atoms with Gasteiger partial charge >= 0.3 is 0 Å². The Labute approximate surface area is 186 Å². The Morgan fingerprint density at radius 3 is 2.33 bits per heavy atom. The van der Waals surface area contributed by atoms with Crippen LogP contribution in [0.25, 0.3) is 0 Å². The number of ether oxygens (including phenoxy) is 2. The van der Waals surface area contributed by atoms with Gasteiger partial charge in [0.2, 0.25) is 5.91 Å². The summed E-state index contributed by atoms with van der Waals surface area (Å²) < 4.78 is 11.9. The van der Waals surface area contributed by atoms with Crippen molar-refractivity contribution >= 4 is 27.7 Å². The zero-order valence-corrected chi connectivity index (χ0v) is 19.5. The van der Waals surface area contributed by atoms with E-state index in [0.717, 1.165) is 21.3 Å². The lowest BCUT2D eigenvalue weighted by molar-refractivity contribution is -0.142. The molecule has 6 nitrogen and oxygen atoms in total. The van der Waals surface area contributed by atoms with Gasteiger partial charge in [0.05, 0.1) is 7.11 Å². The third kappa shape index (κ3) is 6.49. The predicted molar refractivity (Wildman–Crippen MR) is 121 cm³/mol. The minimum atomic E-state index is -0.574. The summed E-state index contributed by atoms with van der Waals surface area (Å²) in [5.41, 5.74) is 1.93. The molecule has 0 fully saturated rings. The van der Waals surface area contributed by atoms with Gasteiger partial charge in [0, 0.05) is 17.6 Å². The van der Waals surface area contributed by atoms with Crippen molar-refractivity contribution in [2.24, 2.45) is 0 Å². The summed E-state index contributed by atoms with van der Waals surface area (Å²) in [6.45, 7) is 6.38. The number of halogens is 1. The van der Waals surface area contributed by atoms with E-state index >= 15 is 0 Å². The highest BCUT2D eigenvalue weighted by molar-refractivity contribution is 9.10. The number of carbonyl (C=O) groups is 2. The summed E-state index contributed by atoms with van der Waals surface area (Å²) in [5.74, 6) is 0.937. The van der Waals surface area contributed by atoms with E-state index in [9.17, 15) is 9.59 Å². The molecule has 2 amide bonds. The standard InChI is InChI=1S/C23H29BrN2O4/c1-5-21(23(28)25-6-2)26(14-17-7-9-18(29-4)10-8-17)22(27)15-30-19-11-12-20(24)16(3)13-19/h7-13,21H,5-6,14-15H2,1-4H3,(H,25,28)/t21-/m0/s1. The second-order valence-electron chi connectivity index (χ2n) is 6.89. The highest BCUT2D eigenvalue weighted by Crippen LogP contribution is 2.22. The average Bonchev–Trinajstić information content (AvgIpc) is 2.74. The Hall–Kier alpha value is -2.54. The summed E-state index contributed by atoms with van der Waals surface area (Å²) in [6.07, 6.45) is 0.505. The fraction of sp³-hybridized carbons (Fsp3) is 0.391. The first kappa shape index (κ1) is 23.7. The van der Waals surface area contributed by atoms with Crippen molar-refractivity contribution in [2.45, 2.75) is 39.8 Å². The van der Waals surface area contributed by atoms with E-state index in [1.807, 2.05) is 57.2 Å². The van der Waals surface area contributed by atoms with Crippen molar-refractivity contribution in [1.82, 2.24) is 10.2 Å². The van der Waals surface area contributed by atoms with Crippen molar-refractivity contribution in [3.8, 4) is 11.5 Å². The third-order valence-electron chi connectivity index (χ3n) is 4.74. The lowest BCUT2D eigenvalue weighted by atomic mass is 10.1. The molecule has 0 radical (unpaired) electrons. The van der Waals surface area contributed by atoms with Crippen LogP contribution in [0.2, 0.25) is 0 Å². The summed E-state index contributed by atoms with van der Waals surface area (Å²) >= 11 is 3.45. The number of methoxy groups -OCH3 is 1. The number of nitrogens with one attached hydrogen (secondary N) is 1. The summed E-state index contributed by atoms with van der Waals surface area (Å²) in [5, 5.41) is 2.82. The van der Waals surface area contributed by atoms with Gasteiger partial charge in [-0.25, -0.2) is 0 Å². The Kier molecular flexibility index (Phi) is 9.17. The second-order valence-corrected chi connectivity index (χ2v) is 7.74. The van der Waals surface area contributed by atoms with Crippen LogP contribution in [0, 0.1) is 6.92 Å². The van der Waals surface area contributed by atoms with E-state index < -0.39 is 6.04 Å². The molecule has 2 aromatic rings. The fourth-order valence-corrected chi connectivity index (χ4v) is 3.32. The van der Waals surface area contributed by atoms with Crippen molar-refractivity contribution in [3.63, 3.8) is 0 Å². The van der Waals surface area contributed by atoms with Gasteiger partial charge in [-0.1, -0.05) is 35.0 Å². The molecule has 0 aliphatic carbocycles. The number of amides is 2. The number of rotatable bonds is 10. The number of carbonyl (C=O) groups excluding carboxylic acids is 2. The third-order valence-corrected chi connectivity index (χ3v) is 5.63. The molecule has 0 unspecified atom stereocenters. The Morgan fingerprint density at radius 2 is 1.77 bits per heavy atom. The van der Waals surface area contributed by atoms with Crippen LogP contribution in [-0.4, -0.2) is 43.0 Å². The Morgan fingerprint density at radius 1 is 1.10 bits per heavy atom. The molecular formula is C23H29BrN2O4. The molecule has 0 heterocycles. The molecular weight excluding hydrogens is 448 g/mol. The van der Waals surface area contributed by atoms with E-state index in [4.69, 9.17) is 9.47 Å². The number of nitrogens with zero attached hydrogens (tertiary/aromatic N) is 1. The molecule has 1 atom stereocenters. The molecule has 2 rings (SSSR count). The van der Waals surface area contributed by atoms with Gasteiger partial charge in [0.15, 0.2) is 6.61 Å². The first-order valence-electron chi connectivity index (χ1n) is 9.98. The zero-order chi connectivity index (χ0) is 22.1. The lowest BCUT2D eigenvalue weighted by Crippen LogP contribution is -2.50. The molecule has 30 heavy (non-hydrogen) atoms. The monoisotopic (exact) mass is 476 g/mol. The van der Waals surface area contributed by atoms with Crippen LogP contribution in [0.5, 0.6) is 11.5 Å². The Bertz CT molecular complexity index is 855. The van der Waals surface area contributed by atoms with E-state index in [2.05, 4.69) is 21.2 Å². The van der Waals surface area contributed by atoms with Crippen LogP contribution in [0.3, 0.4) is 0 Å². The first-order valence-corrected chi connectivity index (χ1v) is 10.8. The lowest BCUT2D eigenvalue weighted by Gasteiger charge is -2.30. The van der Waals surface area contributed by atoms with Crippen LogP contribution in [-0.2, 0) is 16.1 Å². The second kappa shape index (κ2) is 11.6. The molecule has 0 saturated carbocycles. The number of likely N-dealkylation sites (N-methyl/N-ethyl adjacent to an activating group) is 1. The van der Waals surface area contributed by atoms with Gasteiger partial charge in [-0.2, -0.15) is 0 Å². The Balaban J connectivity index is 2.19. The van der Waals surface area contributed by atoms with Crippen LogP contribution in [0.4, 0.5) is 0 Å². The average molecular weight is 477 g/mol. The maximum atomic E-state index is 13.1. The summed E-state index contributed by atoms with van der Waals surface area (Å²) in [7, 11) is 1.61. The zero-order valence-electron chi connectivity index (χ0n) is 17.9. The molecule has 0 saturated heterocycles. The normalized spacial score (nSPS) is 11.5. The molecule has 0 bridgehead atoms. The van der Waals surface area contributed by atoms with Gasteiger partial charge in [-0.3, -0.25) is 9.59 Å². The SMILES string of the molecule is CCNC(=O)[C@H](CC)N(Cc1ccc(OC)cc1)C(=O)COc1ccc(Br)c(C)c1. The van der Waals surface area contributed by atoms with Crippen LogP contribution in [0.1, 0.15) is 31.4 Å². The summed E-state index contributed by atoms with van der Waals surface area (Å²) in [4.78, 5) is 27.3. The number of benzene rings is 2. The van der Waals surface area contributed by atoms with E-state index in [1.54, 1.807) is 18.1 Å². The maximum Gasteiger partial charge on any atom is 0.261 e. The molecule has 0 spiro atoms. The van der Waals surface area contributed by atoms with Gasteiger partial charge in [0.1, 0.15) is 17.5 Å². The molecule has 162 valence electrons. The smallest absolute Gasteiger partial charge is 0.261 e. The highest BCUT2D eigenvalue weighted by atomic mass is 79.9. The first-order chi connectivity index (χ1) is 14.4. The van der Waals surface area contributed by atoms with Crippen molar-refractivity contribution in [1.29, 1.82) is 0 Å². The molecule has 0 aromatic heterocycles. The molecule has 2 aromatic carbocycles. The van der Waals surface area contributed by atoms with Crippen molar-refractivity contribution in [2.75, 3.05) is 20.3 Å². The fourth-order valence-electron chi connectivity index (χ4n) is 3.07. The van der Waals surface area contributed by atoms with Crippen molar-refractivity contribution in [3.05, 3.63) is 58.1 Å². The minimum absolute atomic E-state index is 0.146. The van der Waals surface area contributed by atoms with E-state index in [-0.39, 0.29) is 18.4 Å². The molecule has 0 aliphatic heterocycles. The van der Waals surface area contributed by atoms with Gasteiger partial charge in [0.25, 0.3) is 5.91 Å². The number of hydrogen-bond donors (Lipinski definition) is 1. The highest BCUT2D eigenvalue weighted by Gasteiger charge is 2.28. The van der Waals surface area contributed by atoms with Gasteiger partial charge in [-0.15, -0.1) is 0 Å². The largest absolute Gasteiger partial charge is 0.497 e. The molecule has 1 N–H and O–H groups in total. The van der Waals surface area contributed by atoms with E-state index in [0.29, 0.717) is 25.3 Å². The maximum absolute atomic E-state index is 13.1. The quantitative estimate of drug-likeness (QED) is 0.560. The van der Waals surface area contributed by atoms with Crippen LogP contribution < -0.4 is 14.8 Å². The van der Waals surface area contributed by atoms with Gasteiger partial charge in [-0.05, 0) is 61.7 Å². The van der Waals surface area contributed by atoms with Gasteiger partial charge < -0.3 is 19.7 Å². The van der Waals surface area contributed by atoms with Crippen molar-refractivity contribution < 1.29 is 19.1 Å². The minimum Gasteiger partial charge on any atom is -0.497 e. The van der Waals surface area contributed by atoms with Crippen LogP contribution >= 0.6 is 15.9 Å². The molecule has 0 aliphatic rings. The number of aryl methyl sites for hydroxylation is 1. The summed E-state index contributed by atoms with van der Waals surface area (Å²) in [6, 6.07) is 12.4. The topological polar surface area (TPSA) is 67.9 Å². The predicted octanol–water partition coefficient (Wildman–Crippen LogP) is 4.09. The van der Waals surface area contributed by atoms with E-state index in [1.165, 1.54) is 0 Å². The molecule has 7 heteroatoms.